The van der Waals surface area contributed by atoms with Crippen LogP contribution in [0.1, 0.15) is 47.5 Å². The number of carbonyl (C=O) groups excluding carboxylic acids is 2. The SMILES string of the molecule is CC(C)NC(=O)N(C)c1ccc(OC(=O)c2csc3c2CCCC3)cc1. The zero-order valence-corrected chi connectivity index (χ0v) is 16.2. The Morgan fingerprint density at radius 2 is 1.85 bits per heavy atom. The first-order valence-corrected chi connectivity index (χ1v) is 9.79. The quantitative estimate of drug-likeness (QED) is 0.639. The van der Waals surface area contributed by atoms with Crippen LogP contribution in [0.15, 0.2) is 29.6 Å². The van der Waals surface area contributed by atoms with Crippen molar-refractivity contribution >= 4 is 29.0 Å². The first-order valence-electron chi connectivity index (χ1n) is 8.91. The number of hydrogen-bond donors (Lipinski definition) is 1. The monoisotopic (exact) mass is 372 g/mol. The van der Waals surface area contributed by atoms with E-state index in [1.807, 2.05) is 19.2 Å². The fourth-order valence-corrected chi connectivity index (χ4v) is 4.14. The van der Waals surface area contributed by atoms with Crippen LogP contribution in [0.4, 0.5) is 10.5 Å². The standard InChI is InChI=1S/C20H24N2O3S/c1-13(2)21-20(24)22(3)14-8-10-15(11-9-14)25-19(23)17-12-26-18-7-5-4-6-16(17)18/h8-13H,4-7H2,1-3H3,(H,21,24). The van der Waals surface area contributed by atoms with Crippen LogP contribution in [-0.2, 0) is 12.8 Å². The van der Waals surface area contributed by atoms with Crippen molar-refractivity contribution in [3.05, 3.63) is 45.6 Å². The molecule has 1 N–H and O–H groups in total. The van der Waals surface area contributed by atoms with E-state index in [0.29, 0.717) is 11.3 Å². The molecule has 0 saturated heterocycles. The molecule has 1 heterocycles. The first-order chi connectivity index (χ1) is 12.5. The van der Waals surface area contributed by atoms with Gasteiger partial charge in [0.15, 0.2) is 0 Å². The molecule has 3 rings (SSSR count). The highest BCUT2D eigenvalue weighted by molar-refractivity contribution is 7.10. The normalized spacial score (nSPS) is 13.2. The minimum atomic E-state index is -0.303. The average Bonchev–Trinajstić information content (AvgIpc) is 3.05. The molecule has 1 aliphatic rings. The van der Waals surface area contributed by atoms with Crippen molar-refractivity contribution in [1.82, 2.24) is 5.32 Å². The summed E-state index contributed by atoms with van der Waals surface area (Å²) in [6.07, 6.45) is 4.34. The third-order valence-corrected chi connectivity index (χ3v) is 5.52. The van der Waals surface area contributed by atoms with Gasteiger partial charge in [0.2, 0.25) is 0 Å². The Labute approximate surface area is 158 Å². The number of fused-ring (bicyclic) bond motifs is 1. The van der Waals surface area contributed by atoms with E-state index in [1.54, 1.807) is 42.6 Å². The van der Waals surface area contributed by atoms with Crippen molar-refractivity contribution in [2.75, 3.05) is 11.9 Å². The van der Waals surface area contributed by atoms with E-state index in [1.165, 1.54) is 16.2 Å². The largest absolute Gasteiger partial charge is 0.423 e. The maximum Gasteiger partial charge on any atom is 0.344 e. The molecule has 1 aromatic carbocycles. The Kier molecular flexibility index (Phi) is 5.61. The van der Waals surface area contributed by atoms with Gasteiger partial charge in [-0.25, -0.2) is 9.59 Å². The summed E-state index contributed by atoms with van der Waals surface area (Å²) in [7, 11) is 1.70. The predicted octanol–water partition coefficient (Wildman–Crippen LogP) is 4.40. The fourth-order valence-electron chi connectivity index (χ4n) is 3.03. The third kappa shape index (κ3) is 4.07. The smallest absolute Gasteiger partial charge is 0.344 e. The van der Waals surface area contributed by atoms with Gasteiger partial charge in [0.1, 0.15) is 5.75 Å². The topological polar surface area (TPSA) is 58.6 Å². The summed E-state index contributed by atoms with van der Waals surface area (Å²) in [5.41, 5.74) is 2.59. The number of aryl methyl sites for hydroxylation is 1. The van der Waals surface area contributed by atoms with Gasteiger partial charge < -0.3 is 10.1 Å². The Bertz CT molecular complexity index is 796. The Morgan fingerprint density at radius 1 is 1.15 bits per heavy atom. The summed E-state index contributed by atoms with van der Waals surface area (Å²) >= 11 is 1.65. The summed E-state index contributed by atoms with van der Waals surface area (Å²) in [6, 6.07) is 6.87. The van der Waals surface area contributed by atoms with E-state index in [9.17, 15) is 9.59 Å². The lowest BCUT2D eigenvalue weighted by Crippen LogP contribution is -2.40. The Balaban J connectivity index is 1.67. The maximum absolute atomic E-state index is 12.5. The highest BCUT2D eigenvalue weighted by Crippen LogP contribution is 2.31. The Morgan fingerprint density at radius 3 is 2.54 bits per heavy atom. The highest BCUT2D eigenvalue weighted by atomic mass is 32.1. The summed E-state index contributed by atoms with van der Waals surface area (Å²) < 4.78 is 5.53. The van der Waals surface area contributed by atoms with Crippen LogP contribution in [0, 0.1) is 0 Å². The number of urea groups is 1. The van der Waals surface area contributed by atoms with Gasteiger partial charge in [-0.15, -0.1) is 11.3 Å². The summed E-state index contributed by atoms with van der Waals surface area (Å²) in [5.74, 6) is 0.176. The van der Waals surface area contributed by atoms with E-state index >= 15 is 0 Å². The van der Waals surface area contributed by atoms with Gasteiger partial charge >= 0.3 is 12.0 Å². The molecule has 0 radical (unpaired) electrons. The predicted molar refractivity (Wildman–Crippen MR) is 104 cm³/mol. The van der Waals surface area contributed by atoms with Gasteiger partial charge in [-0.1, -0.05) is 0 Å². The van der Waals surface area contributed by atoms with Gasteiger partial charge in [-0.3, -0.25) is 4.90 Å². The number of amides is 2. The van der Waals surface area contributed by atoms with E-state index in [2.05, 4.69) is 5.32 Å². The van der Waals surface area contributed by atoms with E-state index < -0.39 is 0 Å². The lowest BCUT2D eigenvalue weighted by molar-refractivity contribution is 0.0734. The third-order valence-electron chi connectivity index (χ3n) is 4.43. The molecule has 5 nitrogen and oxygen atoms in total. The highest BCUT2D eigenvalue weighted by Gasteiger charge is 2.21. The van der Waals surface area contributed by atoms with Crippen LogP contribution >= 0.6 is 11.3 Å². The number of benzene rings is 1. The van der Waals surface area contributed by atoms with Gasteiger partial charge in [-0.2, -0.15) is 0 Å². The molecular formula is C20H24N2O3S. The molecule has 1 aromatic heterocycles. The number of esters is 1. The fraction of sp³-hybridized carbons (Fsp3) is 0.400. The van der Waals surface area contributed by atoms with Crippen LogP contribution in [0.5, 0.6) is 5.75 Å². The van der Waals surface area contributed by atoms with Gasteiger partial charge in [-0.05, 0) is 69.4 Å². The number of rotatable bonds is 4. The molecule has 0 aliphatic heterocycles. The molecule has 26 heavy (non-hydrogen) atoms. The zero-order chi connectivity index (χ0) is 18.7. The van der Waals surface area contributed by atoms with Crippen molar-refractivity contribution in [3.63, 3.8) is 0 Å². The van der Waals surface area contributed by atoms with Crippen molar-refractivity contribution in [3.8, 4) is 5.75 Å². The summed E-state index contributed by atoms with van der Waals surface area (Å²) in [4.78, 5) is 27.4. The van der Waals surface area contributed by atoms with Gasteiger partial charge in [0, 0.05) is 29.0 Å². The van der Waals surface area contributed by atoms with E-state index in [0.717, 1.165) is 30.5 Å². The maximum atomic E-state index is 12.5. The lowest BCUT2D eigenvalue weighted by atomic mass is 9.96. The molecule has 0 bridgehead atoms. The molecule has 1 aliphatic carbocycles. The van der Waals surface area contributed by atoms with Crippen molar-refractivity contribution in [2.24, 2.45) is 0 Å². The molecule has 138 valence electrons. The number of carbonyl (C=O) groups is 2. The summed E-state index contributed by atoms with van der Waals surface area (Å²) in [6.45, 7) is 3.83. The molecule has 0 unspecified atom stereocenters. The molecule has 2 aromatic rings. The van der Waals surface area contributed by atoms with Crippen LogP contribution in [0.3, 0.4) is 0 Å². The van der Waals surface area contributed by atoms with Crippen LogP contribution in [0.2, 0.25) is 0 Å². The first kappa shape index (κ1) is 18.5. The number of anilines is 1. The minimum absolute atomic E-state index is 0.0710. The number of ether oxygens (including phenoxy) is 1. The second-order valence-corrected chi connectivity index (χ2v) is 7.77. The van der Waals surface area contributed by atoms with Gasteiger partial charge in [0.05, 0.1) is 5.56 Å². The zero-order valence-electron chi connectivity index (χ0n) is 15.4. The molecule has 0 saturated carbocycles. The lowest BCUT2D eigenvalue weighted by Gasteiger charge is -2.20. The molecular weight excluding hydrogens is 348 g/mol. The van der Waals surface area contributed by atoms with Crippen LogP contribution in [0.25, 0.3) is 0 Å². The molecule has 0 spiro atoms. The summed E-state index contributed by atoms with van der Waals surface area (Å²) in [5, 5.41) is 4.75. The molecule has 0 atom stereocenters. The number of thiophene rings is 1. The molecule has 2 amide bonds. The number of hydrogen-bond acceptors (Lipinski definition) is 4. The number of nitrogens with zero attached hydrogens (tertiary/aromatic N) is 1. The second-order valence-electron chi connectivity index (χ2n) is 6.80. The second kappa shape index (κ2) is 7.91. The Hall–Kier alpha value is -2.34. The van der Waals surface area contributed by atoms with Crippen LogP contribution in [-0.4, -0.2) is 25.1 Å². The minimum Gasteiger partial charge on any atom is -0.423 e. The van der Waals surface area contributed by atoms with Crippen molar-refractivity contribution < 1.29 is 14.3 Å². The van der Waals surface area contributed by atoms with Crippen molar-refractivity contribution in [1.29, 1.82) is 0 Å². The number of nitrogens with one attached hydrogen (secondary N) is 1. The average molecular weight is 372 g/mol. The van der Waals surface area contributed by atoms with Crippen LogP contribution < -0.4 is 15.0 Å². The van der Waals surface area contributed by atoms with E-state index in [-0.39, 0.29) is 18.0 Å². The van der Waals surface area contributed by atoms with E-state index in [4.69, 9.17) is 4.74 Å². The molecule has 6 heteroatoms. The molecule has 0 fully saturated rings. The van der Waals surface area contributed by atoms with Crippen molar-refractivity contribution in [2.45, 2.75) is 45.6 Å². The van der Waals surface area contributed by atoms with Gasteiger partial charge in [0.25, 0.3) is 0 Å².